The lowest BCUT2D eigenvalue weighted by atomic mass is 9.77. The highest BCUT2D eigenvalue weighted by Crippen LogP contribution is 2.39. The molecule has 8 heteroatoms. The Morgan fingerprint density at radius 3 is 2.81 bits per heavy atom. The zero-order valence-corrected chi connectivity index (χ0v) is 11.4. The number of methoxy groups -OCH3 is 1. The number of nitro groups is 1. The van der Waals surface area contributed by atoms with Crippen LogP contribution in [0.3, 0.4) is 0 Å². The van der Waals surface area contributed by atoms with Gasteiger partial charge in [0.25, 0.3) is 11.6 Å². The molecule has 0 radical (unpaired) electrons. The molecular weight excluding hydrogens is 276 g/mol. The highest BCUT2D eigenvalue weighted by Gasteiger charge is 2.39. The van der Waals surface area contributed by atoms with Gasteiger partial charge < -0.3 is 15.0 Å². The normalized spacial score (nSPS) is 16.3. The Morgan fingerprint density at radius 1 is 1.48 bits per heavy atom. The fourth-order valence-electron chi connectivity index (χ4n) is 2.29. The van der Waals surface area contributed by atoms with Crippen LogP contribution in [-0.4, -0.2) is 22.2 Å². The summed E-state index contributed by atoms with van der Waals surface area (Å²) in [6.07, 6.45) is 2.58. The standard InChI is InChI=1S/C13H14N4O4/c1-20-8-3-4-10(17(18)19)9(7-8)11-15-12(16-21-11)13(14)5-2-6-13/h3-4,7H,2,5-6,14H2,1H3. The molecule has 2 aromatic rings. The van der Waals surface area contributed by atoms with Crippen molar-refractivity contribution in [1.82, 2.24) is 10.1 Å². The van der Waals surface area contributed by atoms with Crippen molar-refractivity contribution in [2.45, 2.75) is 24.8 Å². The van der Waals surface area contributed by atoms with Crippen LogP contribution < -0.4 is 10.5 Å². The second-order valence-electron chi connectivity index (χ2n) is 5.07. The zero-order valence-electron chi connectivity index (χ0n) is 11.4. The van der Waals surface area contributed by atoms with E-state index < -0.39 is 10.5 Å². The quantitative estimate of drug-likeness (QED) is 0.675. The molecule has 21 heavy (non-hydrogen) atoms. The van der Waals surface area contributed by atoms with Gasteiger partial charge in [0.05, 0.1) is 17.6 Å². The second kappa shape index (κ2) is 4.81. The van der Waals surface area contributed by atoms with Crippen LogP contribution in [0, 0.1) is 10.1 Å². The summed E-state index contributed by atoms with van der Waals surface area (Å²) in [6.45, 7) is 0. The molecule has 0 spiro atoms. The molecule has 0 atom stereocenters. The first-order valence-electron chi connectivity index (χ1n) is 6.49. The molecule has 1 heterocycles. The average molecular weight is 290 g/mol. The van der Waals surface area contributed by atoms with Crippen LogP contribution in [0.25, 0.3) is 11.5 Å². The molecule has 1 fully saturated rings. The second-order valence-corrected chi connectivity index (χ2v) is 5.07. The molecule has 1 aliphatic carbocycles. The number of hydrogen-bond acceptors (Lipinski definition) is 7. The summed E-state index contributed by atoms with van der Waals surface area (Å²) in [4.78, 5) is 14.8. The van der Waals surface area contributed by atoms with E-state index >= 15 is 0 Å². The van der Waals surface area contributed by atoms with Gasteiger partial charge in [0.1, 0.15) is 11.3 Å². The summed E-state index contributed by atoms with van der Waals surface area (Å²) < 4.78 is 10.2. The average Bonchev–Trinajstić information content (AvgIpc) is 2.94. The number of rotatable bonds is 4. The summed E-state index contributed by atoms with van der Waals surface area (Å²) in [5.74, 6) is 0.939. The molecule has 110 valence electrons. The van der Waals surface area contributed by atoms with Crippen molar-refractivity contribution in [2.24, 2.45) is 5.73 Å². The maximum Gasteiger partial charge on any atom is 0.282 e. The molecular formula is C13H14N4O4. The third-order valence-electron chi connectivity index (χ3n) is 3.75. The van der Waals surface area contributed by atoms with E-state index in [1.165, 1.54) is 25.3 Å². The third-order valence-corrected chi connectivity index (χ3v) is 3.75. The van der Waals surface area contributed by atoms with Crippen molar-refractivity contribution in [2.75, 3.05) is 7.11 Å². The van der Waals surface area contributed by atoms with Gasteiger partial charge in [0, 0.05) is 6.07 Å². The maximum atomic E-state index is 11.1. The summed E-state index contributed by atoms with van der Waals surface area (Å²) in [5.41, 5.74) is 5.66. The minimum Gasteiger partial charge on any atom is -0.497 e. The smallest absolute Gasteiger partial charge is 0.282 e. The first-order chi connectivity index (χ1) is 10.0. The van der Waals surface area contributed by atoms with Crippen molar-refractivity contribution in [3.05, 3.63) is 34.1 Å². The largest absolute Gasteiger partial charge is 0.497 e. The van der Waals surface area contributed by atoms with E-state index in [4.69, 9.17) is 15.0 Å². The van der Waals surface area contributed by atoms with Gasteiger partial charge in [-0.05, 0) is 31.4 Å². The Labute approximate surface area is 120 Å². The maximum absolute atomic E-state index is 11.1. The minimum atomic E-state index is -0.574. The molecule has 1 saturated carbocycles. The van der Waals surface area contributed by atoms with E-state index in [1.54, 1.807) is 0 Å². The molecule has 0 amide bonds. The Balaban J connectivity index is 2.05. The lowest BCUT2D eigenvalue weighted by Crippen LogP contribution is -2.44. The lowest BCUT2D eigenvalue weighted by molar-refractivity contribution is -0.384. The Hall–Kier alpha value is -2.48. The van der Waals surface area contributed by atoms with E-state index in [9.17, 15) is 10.1 Å². The fourth-order valence-corrected chi connectivity index (χ4v) is 2.29. The summed E-state index contributed by atoms with van der Waals surface area (Å²) in [5, 5.41) is 15.0. The van der Waals surface area contributed by atoms with E-state index in [2.05, 4.69) is 10.1 Å². The summed E-state index contributed by atoms with van der Waals surface area (Å²) in [6, 6.07) is 4.36. The Morgan fingerprint density at radius 2 is 2.24 bits per heavy atom. The first-order valence-corrected chi connectivity index (χ1v) is 6.49. The molecule has 1 aromatic carbocycles. The Bertz CT molecular complexity index is 693. The van der Waals surface area contributed by atoms with Crippen LogP contribution >= 0.6 is 0 Å². The van der Waals surface area contributed by atoms with Crippen molar-refractivity contribution in [3.8, 4) is 17.2 Å². The number of hydrogen-bond donors (Lipinski definition) is 1. The van der Waals surface area contributed by atoms with Gasteiger partial charge in [-0.2, -0.15) is 4.98 Å². The van der Waals surface area contributed by atoms with E-state index in [0.29, 0.717) is 11.6 Å². The van der Waals surface area contributed by atoms with Crippen molar-refractivity contribution >= 4 is 5.69 Å². The van der Waals surface area contributed by atoms with Gasteiger partial charge in [0.15, 0.2) is 5.82 Å². The molecule has 1 aromatic heterocycles. The predicted molar refractivity (Wildman–Crippen MR) is 72.7 cm³/mol. The van der Waals surface area contributed by atoms with Crippen LogP contribution in [0.15, 0.2) is 22.7 Å². The molecule has 1 aliphatic rings. The predicted octanol–water partition coefficient (Wildman–Crippen LogP) is 1.99. The molecule has 0 unspecified atom stereocenters. The highest BCUT2D eigenvalue weighted by molar-refractivity contribution is 5.68. The molecule has 3 rings (SSSR count). The fraction of sp³-hybridized carbons (Fsp3) is 0.385. The van der Waals surface area contributed by atoms with Crippen LogP contribution in [0.5, 0.6) is 5.75 Å². The van der Waals surface area contributed by atoms with Gasteiger partial charge in [-0.3, -0.25) is 10.1 Å². The lowest BCUT2D eigenvalue weighted by Gasteiger charge is -2.34. The molecule has 8 nitrogen and oxygen atoms in total. The monoisotopic (exact) mass is 290 g/mol. The van der Waals surface area contributed by atoms with Gasteiger partial charge in [-0.25, -0.2) is 0 Å². The van der Waals surface area contributed by atoms with Crippen LogP contribution in [0.4, 0.5) is 5.69 Å². The highest BCUT2D eigenvalue weighted by atomic mass is 16.6. The first kappa shape index (κ1) is 13.5. The summed E-state index contributed by atoms with van der Waals surface area (Å²) >= 11 is 0. The van der Waals surface area contributed by atoms with Gasteiger partial charge in [0.2, 0.25) is 0 Å². The zero-order chi connectivity index (χ0) is 15.0. The van der Waals surface area contributed by atoms with E-state index in [1.807, 2.05) is 0 Å². The van der Waals surface area contributed by atoms with Crippen molar-refractivity contribution in [1.29, 1.82) is 0 Å². The minimum absolute atomic E-state index is 0.0762. The SMILES string of the molecule is COc1ccc([N+](=O)[O-])c(-c2nc(C3(N)CCC3)no2)c1. The number of ether oxygens (including phenoxy) is 1. The number of nitrogens with zero attached hydrogens (tertiary/aromatic N) is 3. The number of nitro benzene ring substituents is 1. The Kier molecular flexibility index (Phi) is 3.09. The number of benzene rings is 1. The molecule has 0 saturated heterocycles. The van der Waals surface area contributed by atoms with Gasteiger partial charge in [-0.15, -0.1) is 0 Å². The van der Waals surface area contributed by atoms with Crippen molar-refractivity contribution < 1.29 is 14.2 Å². The van der Waals surface area contributed by atoms with Crippen LogP contribution in [0.2, 0.25) is 0 Å². The van der Waals surface area contributed by atoms with Crippen LogP contribution in [0.1, 0.15) is 25.1 Å². The van der Waals surface area contributed by atoms with E-state index in [0.717, 1.165) is 19.3 Å². The molecule has 0 bridgehead atoms. The third kappa shape index (κ3) is 2.23. The molecule has 2 N–H and O–H groups in total. The van der Waals surface area contributed by atoms with Gasteiger partial charge in [-0.1, -0.05) is 5.16 Å². The van der Waals surface area contributed by atoms with Crippen molar-refractivity contribution in [3.63, 3.8) is 0 Å². The summed E-state index contributed by atoms with van der Waals surface area (Å²) in [7, 11) is 1.48. The van der Waals surface area contributed by atoms with Crippen LogP contribution in [-0.2, 0) is 5.54 Å². The number of aromatic nitrogens is 2. The van der Waals surface area contributed by atoms with Gasteiger partial charge >= 0.3 is 0 Å². The van der Waals surface area contributed by atoms with E-state index in [-0.39, 0.29) is 17.1 Å². The number of nitrogens with two attached hydrogens (primary N) is 1. The topological polar surface area (TPSA) is 117 Å². The molecule has 0 aliphatic heterocycles.